The van der Waals surface area contributed by atoms with E-state index >= 15 is 0 Å². The number of piperidine rings is 1. The number of aromatic nitrogens is 2. The Hall–Kier alpha value is -2.74. The van der Waals surface area contributed by atoms with Crippen LogP contribution in [0.25, 0.3) is 0 Å². The van der Waals surface area contributed by atoms with Crippen LogP contribution in [-0.4, -0.2) is 40.1 Å². The molecule has 3 heterocycles. The molecule has 0 spiro atoms. The van der Waals surface area contributed by atoms with Gasteiger partial charge in [0.25, 0.3) is 5.91 Å². The van der Waals surface area contributed by atoms with Crippen molar-refractivity contribution in [2.45, 2.75) is 51.9 Å². The van der Waals surface area contributed by atoms with Crippen LogP contribution in [0.15, 0.2) is 35.1 Å². The molecule has 0 aliphatic carbocycles. The number of carbonyl (C=O) groups is 2. The van der Waals surface area contributed by atoms with Gasteiger partial charge in [0.15, 0.2) is 11.5 Å². The number of hydrogen-bond donors (Lipinski definition) is 1. The van der Waals surface area contributed by atoms with E-state index in [9.17, 15) is 9.59 Å². The molecule has 2 amide bonds. The van der Waals surface area contributed by atoms with E-state index in [0.29, 0.717) is 18.7 Å². The zero-order valence-corrected chi connectivity index (χ0v) is 15.8. The van der Waals surface area contributed by atoms with E-state index in [-0.39, 0.29) is 23.8 Å². The summed E-state index contributed by atoms with van der Waals surface area (Å²) in [5, 5.41) is 6.54. The molecule has 1 fully saturated rings. The lowest BCUT2D eigenvalue weighted by atomic mass is 10.0. The molecule has 0 radical (unpaired) electrons. The molecular formula is C19H24N4O4. The summed E-state index contributed by atoms with van der Waals surface area (Å²) in [4.78, 5) is 30.9. The van der Waals surface area contributed by atoms with Gasteiger partial charge in [0.1, 0.15) is 12.6 Å². The van der Waals surface area contributed by atoms with E-state index in [1.54, 1.807) is 23.4 Å². The Morgan fingerprint density at radius 1 is 1.44 bits per heavy atom. The standard InChI is InChI=1S/C19H24N4O4/c1-19(2,3)26-12-14-10-16(22-27-14)17(24)21-15-7-5-9-23(18(15)25)13-6-4-8-20-11-13/h4,6,8,10-11,15H,5,7,9,12H2,1-3H3,(H,21,24). The van der Waals surface area contributed by atoms with Crippen molar-refractivity contribution in [3.8, 4) is 0 Å². The van der Waals surface area contributed by atoms with Gasteiger partial charge >= 0.3 is 0 Å². The summed E-state index contributed by atoms with van der Waals surface area (Å²) >= 11 is 0. The van der Waals surface area contributed by atoms with Crippen LogP contribution in [0.3, 0.4) is 0 Å². The molecule has 3 rings (SSSR count). The zero-order chi connectivity index (χ0) is 19.4. The maximum atomic E-state index is 12.7. The number of amides is 2. The highest BCUT2D eigenvalue weighted by molar-refractivity contribution is 6.02. The Bertz CT molecular complexity index is 798. The number of hydrogen-bond acceptors (Lipinski definition) is 6. The first-order valence-corrected chi connectivity index (χ1v) is 8.95. The number of nitrogens with one attached hydrogen (secondary N) is 1. The van der Waals surface area contributed by atoms with E-state index in [1.807, 2.05) is 26.8 Å². The van der Waals surface area contributed by atoms with E-state index in [0.717, 1.165) is 12.1 Å². The van der Waals surface area contributed by atoms with Gasteiger partial charge in [-0.15, -0.1) is 0 Å². The van der Waals surface area contributed by atoms with Crippen molar-refractivity contribution in [1.82, 2.24) is 15.5 Å². The third kappa shape index (κ3) is 4.91. The van der Waals surface area contributed by atoms with E-state index in [2.05, 4.69) is 15.5 Å². The van der Waals surface area contributed by atoms with Crippen molar-refractivity contribution >= 4 is 17.5 Å². The zero-order valence-electron chi connectivity index (χ0n) is 15.8. The van der Waals surface area contributed by atoms with Crippen molar-refractivity contribution < 1.29 is 18.8 Å². The first-order valence-electron chi connectivity index (χ1n) is 8.95. The van der Waals surface area contributed by atoms with Gasteiger partial charge in [-0.3, -0.25) is 14.6 Å². The Balaban J connectivity index is 1.62. The van der Waals surface area contributed by atoms with Crippen LogP contribution >= 0.6 is 0 Å². The molecule has 1 aliphatic rings. The third-order valence-electron chi connectivity index (χ3n) is 4.14. The highest BCUT2D eigenvalue weighted by atomic mass is 16.5. The van der Waals surface area contributed by atoms with Crippen LogP contribution in [0.5, 0.6) is 0 Å². The molecular weight excluding hydrogens is 348 g/mol. The quantitative estimate of drug-likeness (QED) is 0.865. The fourth-order valence-electron chi connectivity index (χ4n) is 2.79. The topological polar surface area (TPSA) is 97.6 Å². The lowest BCUT2D eigenvalue weighted by Crippen LogP contribution is -2.52. The van der Waals surface area contributed by atoms with Crippen LogP contribution < -0.4 is 10.2 Å². The van der Waals surface area contributed by atoms with E-state index in [1.165, 1.54) is 6.07 Å². The predicted molar refractivity (Wildman–Crippen MR) is 98.1 cm³/mol. The number of pyridine rings is 1. The second-order valence-corrected chi connectivity index (χ2v) is 7.45. The van der Waals surface area contributed by atoms with Crippen LogP contribution in [-0.2, 0) is 16.1 Å². The molecule has 1 atom stereocenters. The minimum Gasteiger partial charge on any atom is -0.368 e. The van der Waals surface area contributed by atoms with Crippen LogP contribution in [0.4, 0.5) is 5.69 Å². The minimum atomic E-state index is -0.600. The Morgan fingerprint density at radius 3 is 2.96 bits per heavy atom. The largest absolute Gasteiger partial charge is 0.368 e. The number of anilines is 1. The first-order chi connectivity index (χ1) is 12.8. The predicted octanol–water partition coefficient (Wildman–Crippen LogP) is 2.31. The minimum absolute atomic E-state index is 0.133. The van der Waals surface area contributed by atoms with E-state index in [4.69, 9.17) is 9.26 Å². The van der Waals surface area contributed by atoms with Gasteiger partial charge in [0.05, 0.1) is 17.5 Å². The van der Waals surface area contributed by atoms with Gasteiger partial charge in [-0.25, -0.2) is 0 Å². The monoisotopic (exact) mass is 372 g/mol. The van der Waals surface area contributed by atoms with Gasteiger partial charge in [0, 0.05) is 18.8 Å². The average Bonchev–Trinajstić information content (AvgIpc) is 3.11. The molecule has 144 valence electrons. The highest BCUT2D eigenvalue weighted by Gasteiger charge is 2.31. The summed E-state index contributed by atoms with van der Waals surface area (Å²) in [6.07, 6.45) is 4.66. The SMILES string of the molecule is CC(C)(C)OCc1cc(C(=O)NC2CCCN(c3cccnc3)C2=O)no1. The summed E-state index contributed by atoms with van der Waals surface area (Å²) in [6.45, 7) is 6.62. The number of nitrogens with zero attached hydrogens (tertiary/aromatic N) is 3. The van der Waals surface area contributed by atoms with Gasteiger partial charge in [0.2, 0.25) is 5.91 Å². The number of rotatable bonds is 5. The highest BCUT2D eigenvalue weighted by Crippen LogP contribution is 2.20. The molecule has 1 N–H and O–H groups in total. The van der Waals surface area contributed by atoms with Gasteiger partial charge in [-0.2, -0.15) is 0 Å². The fourth-order valence-corrected chi connectivity index (χ4v) is 2.79. The second kappa shape index (κ2) is 7.87. The van der Waals surface area contributed by atoms with Gasteiger partial charge in [-0.05, 0) is 45.7 Å². The summed E-state index contributed by atoms with van der Waals surface area (Å²) in [5.74, 6) is -0.128. The van der Waals surface area contributed by atoms with Crippen LogP contribution in [0.1, 0.15) is 49.9 Å². The van der Waals surface area contributed by atoms with Gasteiger partial charge < -0.3 is 19.5 Å². The fraction of sp³-hybridized carbons (Fsp3) is 0.474. The van der Waals surface area contributed by atoms with Crippen molar-refractivity contribution in [3.63, 3.8) is 0 Å². The van der Waals surface area contributed by atoms with Gasteiger partial charge in [-0.1, -0.05) is 5.16 Å². The molecule has 27 heavy (non-hydrogen) atoms. The van der Waals surface area contributed by atoms with Crippen LogP contribution in [0.2, 0.25) is 0 Å². The summed E-state index contributed by atoms with van der Waals surface area (Å²) in [7, 11) is 0. The average molecular weight is 372 g/mol. The molecule has 8 nitrogen and oxygen atoms in total. The molecule has 8 heteroatoms. The lowest BCUT2D eigenvalue weighted by molar-refractivity contribution is -0.121. The van der Waals surface area contributed by atoms with Crippen LogP contribution in [0, 0.1) is 0 Å². The molecule has 2 aromatic rings. The molecule has 1 aliphatic heterocycles. The maximum absolute atomic E-state index is 12.7. The summed E-state index contributed by atoms with van der Waals surface area (Å²) in [5.41, 5.74) is 0.540. The van der Waals surface area contributed by atoms with Crippen molar-refractivity contribution in [3.05, 3.63) is 42.0 Å². The number of carbonyl (C=O) groups excluding carboxylic acids is 2. The second-order valence-electron chi connectivity index (χ2n) is 7.45. The third-order valence-corrected chi connectivity index (χ3v) is 4.14. The molecule has 0 saturated carbocycles. The summed E-state index contributed by atoms with van der Waals surface area (Å²) < 4.78 is 10.8. The van der Waals surface area contributed by atoms with E-state index < -0.39 is 11.9 Å². The van der Waals surface area contributed by atoms with Crippen molar-refractivity contribution in [2.75, 3.05) is 11.4 Å². The molecule has 0 aromatic carbocycles. The molecule has 0 bridgehead atoms. The normalized spacial score (nSPS) is 17.8. The Labute approximate surface area is 157 Å². The Kier molecular flexibility index (Phi) is 5.55. The Morgan fingerprint density at radius 2 is 2.26 bits per heavy atom. The maximum Gasteiger partial charge on any atom is 0.274 e. The lowest BCUT2D eigenvalue weighted by Gasteiger charge is -2.32. The molecule has 1 unspecified atom stereocenters. The number of ether oxygens (including phenoxy) is 1. The summed E-state index contributed by atoms with van der Waals surface area (Å²) in [6, 6.07) is 4.54. The smallest absolute Gasteiger partial charge is 0.274 e. The molecule has 2 aromatic heterocycles. The van der Waals surface area contributed by atoms with Crippen molar-refractivity contribution in [2.24, 2.45) is 0 Å². The van der Waals surface area contributed by atoms with Crippen molar-refractivity contribution in [1.29, 1.82) is 0 Å². The molecule has 1 saturated heterocycles. The first kappa shape index (κ1) is 19.0.